The van der Waals surface area contributed by atoms with Gasteiger partial charge in [-0.25, -0.2) is 4.39 Å². The first-order chi connectivity index (χ1) is 4.04. The Morgan fingerprint density at radius 3 is 2.22 bits per heavy atom. The van der Waals surface area contributed by atoms with Crippen LogP contribution < -0.4 is 0 Å². The molecule has 54 valence electrons. The summed E-state index contributed by atoms with van der Waals surface area (Å²) in [5.74, 6) is -0.843. The van der Waals surface area contributed by atoms with Gasteiger partial charge in [0.05, 0.1) is 0 Å². The number of halogens is 3. The smallest absolute Gasteiger partial charge is 0.305 e. The average Bonchev–Trinajstić information content (AvgIpc) is 1.63. The second-order valence-electron chi connectivity index (χ2n) is 1.30. The zero-order valence-electron chi connectivity index (χ0n) is 4.61. The highest BCUT2D eigenvalue weighted by molar-refractivity contribution is 9.09. The molecule has 0 aromatic rings. The topological polar surface area (TPSA) is 26.3 Å². The molecule has 0 bridgehead atoms. The van der Waals surface area contributed by atoms with E-state index in [1.807, 2.05) is 0 Å². The van der Waals surface area contributed by atoms with Crippen molar-refractivity contribution >= 4 is 21.9 Å². The van der Waals surface area contributed by atoms with E-state index in [4.69, 9.17) is 0 Å². The van der Waals surface area contributed by atoms with Gasteiger partial charge in [-0.1, -0.05) is 0 Å². The molecule has 2 nitrogen and oxygen atoms in total. The maximum Gasteiger partial charge on any atom is 0.305 e. The summed E-state index contributed by atoms with van der Waals surface area (Å²) in [6.45, 7) is 1.00. The van der Waals surface area contributed by atoms with Crippen molar-refractivity contribution in [2.24, 2.45) is 0 Å². The Bertz CT molecular complexity index is 107. The summed E-state index contributed by atoms with van der Waals surface area (Å²) in [4.78, 5) is 9.91. The Hall–Kier alpha value is -0.190. The van der Waals surface area contributed by atoms with Gasteiger partial charge in [-0.3, -0.25) is 4.79 Å². The number of rotatable bonds is 2. The lowest BCUT2D eigenvalue weighted by molar-refractivity contribution is -0.157. The second kappa shape index (κ2) is 3.76. The van der Waals surface area contributed by atoms with Crippen LogP contribution in [0.1, 0.15) is 6.92 Å². The fraction of sp³-hybridized carbons (Fsp3) is 0.750. The largest absolute Gasteiger partial charge is 0.427 e. The maximum absolute atomic E-state index is 11.9. The zero-order valence-corrected chi connectivity index (χ0v) is 6.19. The summed E-state index contributed by atoms with van der Waals surface area (Å²) in [6, 6.07) is 0. The Morgan fingerprint density at radius 2 is 2.11 bits per heavy atom. The minimum atomic E-state index is -2.21. The van der Waals surface area contributed by atoms with E-state index in [1.54, 1.807) is 0 Å². The average molecular weight is 203 g/mol. The summed E-state index contributed by atoms with van der Waals surface area (Å²) < 4.78 is 27.4. The van der Waals surface area contributed by atoms with Gasteiger partial charge in [-0.15, -0.1) is 0 Å². The molecule has 9 heavy (non-hydrogen) atoms. The third kappa shape index (κ3) is 4.32. The molecule has 0 spiro atoms. The first-order valence-electron chi connectivity index (χ1n) is 2.13. The van der Waals surface area contributed by atoms with Crippen molar-refractivity contribution in [3.05, 3.63) is 0 Å². The highest BCUT2D eigenvalue weighted by Crippen LogP contribution is 2.11. The molecule has 0 aliphatic rings. The van der Waals surface area contributed by atoms with Gasteiger partial charge >= 0.3 is 5.97 Å². The van der Waals surface area contributed by atoms with Crippen LogP contribution in [-0.4, -0.2) is 17.4 Å². The predicted molar refractivity (Wildman–Crippen MR) is 30.5 cm³/mol. The van der Waals surface area contributed by atoms with Crippen molar-refractivity contribution in [2.45, 2.75) is 18.4 Å². The molecule has 0 aromatic heterocycles. The van der Waals surface area contributed by atoms with Crippen LogP contribution in [0.2, 0.25) is 0 Å². The lowest BCUT2D eigenvalue weighted by Gasteiger charge is -2.06. The molecule has 5 heteroatoms. The van der Waals surface area contributed by atoms with Gasteiger partial charge in [0.15, 0.2) is 0 Å². The van der Waals surface area contributed by atoms with Crippen molar-refractivity contribution in [1.29, 1.82) is 0 Å². The lowest BCUT2D eigenvalue weighted by atomic mass is 10.7. The lowest BCUT2D eigenvalue weighted by Crippen LogP contribution is -2.17. The minimum absolute atomic E-state index is 0.843. The molecule has 2 unspecified atom stereocenters. The second-order valence-corrected chi connectivity index (χ2v) is 2.17. The van der Waals surface area contributed by atoms with E-state index >= 15 is 0 Å². The van der Waals surface area contributed by atoms with E-state index in [1.165, 1.54) is 0 Å². The molecule has 0 amide bonds. The standard InChI is InChI=1S/C4H5BrF2O2/c1-2(8)9-4(7)3(5)6/h3-4H,1H3. The molecule has 0 saturated heterocycles. The third-order valence-electron chi connectivity index (χ3n) is 0.477. The number of ether oxygens (including phenoxy) is 1. The van der Waals surface area contributed by atoms with E-state index in [2.05, 4.69) is 20.7 Å². The maximum atomic E-state index is 11.9. The Labute approximate surface area is 59.3 Å². The molecular formula is C4H5BrF2O2. The van der Waals surface area contributed by atoms with Crippen LogP contribution in [0.5, 0.6) is 0 Å². The summed E-state index contributed by atoms with van der Waals surface area (Å²) in [7, 11) is 0. The number of hydrogen-bond donors (Lipinski definition) is 0. The quantitative estimate of drug-likeness (QED) is 0.502. The molecule has 0 saturated carbocycles. The van der Waals surface area contributed by atoms with Crippen LogP contribution in [0.25, 0.3) is 0 Å². The Balaban J connectivity index is 3.50. The Morgan fingerprint density at radius 1 is 1.67 bits per heavy atom. The summed E-state index contributed by atoms with van der Waals surface area (Å²) in [6.07, 6.45) is -2.21. The number of carbonyl (C=O) groups excluding carboxylic acids is 1. The van der Waals surface area contributed by atoms with E-state index in [9.17, 15) is 13.6 Å². The molecule has 0 heterocycles. The van der Waals surface area contributed by atoms with Gasteiger partial charge in [-0.2, -0.15) is 4.39 Å². The fourth-order valence-corrected chi connectivity index (χ4v) is 0.318. The molecular weight excluding hydrogens is 198 g/mol. The van der Waals surface area contributed by atoms with Crippen LogP contribution in [0.3, 0.4) is 0 Å². The van der Waals surface area contributed by atoms with E-state index < -0.39 is 17.4 Å². The van der Waals surface area contributed by atoms with Crippen molar-refractivity contribution in [3.63, 3.8) is 0 Å². The first-order valence-corrected chi connectivity index (χ1v) is 3.05. The number of esters is 1. The number of carbonyl (C=O) groups is 1. The van der Waals surface area contributed by atoms with Crippen molar-refractivity contribution in [2.75, 3.05) is 0 Å². The van der Waals surface area contributed by atoms with Crippen LogP contribution >= 0.6 is 15.9 Å². The SMILES string of the molecule is CC(=O)OC(F)C(F)Br. The Kier molecular flexibility index (Phi) is 3.68. The van der Waals surface area contributed by atoms with Crippen LogP contribution in [-0.2, 0) is 9.53 Å². The van der Waals surface area contributed by atoms with Gasteiger partial charge in [0, 0.05) is 6.92 Å². The number of hydrogen-bond acceptors (Lipinski definition) is 2. The van der Waals surface area contributed by atoms with E-state index in [0.29, 0.717) is 0 Å². The van der Waals surface area contributed by atoms with Crippen LogP contribution in [0.15, 0.2) is 0 Å². The molecule has 2 atom stereocenters. The highest BCUT2D eigenvalue weighted by atomic mass is 79.9. The van der Waals surface area contributed by atoms with Gasteiger partial charge in [0.1, 0.15) is 0 Å². The normalized spacial score (nSPS) is 16.4. The minimum Gasteiger partial charge on any atom is -0.427 e. The van der Waals surface area contributed by atoms with Gasteiger partial charge in [0.2, 0.25) is 5.08 Å². The highest BCUT2D eigenvalue weighted by Gasteiger charge is 2.18. The molecule has 0 aliphatic carbocycles. The van der Waals surface area contributed by atoms with Crippen molar-refractivity contribution in [1.82, 2.24) is 0 Å². The zero-order chi connectivity index (χ0) is 7.44. The molecule has 0 aromatic carbocycles. The van der Waals surface area contributed by atoms with Crippen LogP contribution in [0.4, 0.5) is 8.78 Å². The third-order valence-corrected chi connectivity index (χ3v) is 0.892. The molecule has 0 fully saturated rings. The fourth-order valence-electron chi connectivity index (χ4n) is 0.210. The van der Waals surface area contributed by atoms with Crippen molar-refractivity contribution in [3.8, 4) is 0 Å². The predicted octanol–water partition coefficient (Wildman–Crippen LogP) is 1.54. The summed E-state index contributed by atoms with van der Waals surface area (Å²) in [5.41, 5.74) is 0. The molecule has 0 aliphatic heterocycles. The molecule has 0 rings (SSSR count). The molecule has 0 N–H and O–H groups in total. The summed E-state index contributed by atoms with van der Waals surface area (Å²) >= 11 is 2.25. The monoisotopic (exact) mass is 202 g/mol. The first kappa shape index (κ1) is 8.81. The van der Waals surface area contributed by atoms with Crippen molar-refractivity contribution < 1.29 is 18.3 Å². The van der Waals surface area contributed by atoms with Gasteiger partial charge in [0.25, 0.3) is 6.36 Å². The number of alkyl halides is 3. The molecule has 0 radical (unpaired) electrons. The summed E-state index contributed by atoms with van der Waals surface area (Å²) in [5, 5.41) is -1.94. The van der Waals surface area contributed by atoms with Crippen LogP contribution in [0, 0.1) is 0 Å². The van der Waals surface area contributed by atoms with E-state index in [-0.39, 0.29) is 0 Å². The van der Waals surface area contributed by atoms with Gasteiger partial charge < -0.3 is 4.74 Å². The van der Waals surface area contributed by atoms with Gasteiger partial charge in [-0.05, 0) is 15.9 Å². The van der Waals surface area contributed by atoms with E-state index in [0.717, 1.165) is 6.92 Å².